The Labute approximate surface area is 98.5 Å². The first-order valence-electron chi connectivity index (χ1n) is 5.90. The molecule has 0 bridgehead atoms. The van der Waals surface area contributed by atoms with Gasteiger partial charge >= 0.3 is 0 Å². The SMILES string of the molecule is CCc1cccc(C)c1SCC(C)CC. The summed E-state index contributed by atoms with van der Waals surface area (Å²) in [7, 11) is 0. The maximum absolute atomic E-state index is 2.33. The van der Waals surface area contributed by atoms with Crippen LogP contribution in [0, 0.1) is 12.8 Å². The summed E-state index contributed by atoms with van der Waals surface area (Å²) in [5.41, 5.74) is 2.94. The molecule has 0 nitrogen and oxygen atoms in total. The summed E-state index contributed by atoms with van der Waals surface area (Å²) in [6.45, 7) is 9.06. The number of hydrogen-bond donors (Lipinski definition) is 0. The molecule has 0 aliphatic carbocycles. The molecule has 0 saturated heterocycles. The van der Waals surface area contributed by atoms with E-state index in [1.807, 2.05) is 11.8 Å². The van der Waals surface area contributed by atoms with Gasteiger partial charge in [0.05, 0.1) is 0 Å². The van der Waals surface area contributed by atoms with Gasteiger partial charge in [-0.25, -0.2) is 0 Å². The van der Waals surface area contributed by atoms with E-state index in [4.69, 9.17) is 0 Å². The Hall–Kier alpha value is -0.430. The zero-order valence-corrected chi connectivity index (χ0v) is 11.2. The third-order valence-electron chi connectivity index (χ3n) is 2.88. The van der Waals surface area contributed by atoms with E-state index < -0.39 is 0 Å². The number of benzene rings is 1. The van der Waals surface area contributed by atoms with E-state index in [9.17, 15) is 0 Å². The van der Waals surface area contributed by atoms with E-state index in [0.717, 1.165) is 12.3 Å². The van der Waals surface area contributed by atoms with Crippen molar-refractivity contribution in [3.05, 3.63) is 29.3 Å². The molecule has 0 aliphatic rings. The number of rotatable bonds is 5. The monoisotopic (exact) mass is 222 g/mol. The molecule has 1 atom stereocenters. The summed E-state index contributed by atoms with van der Waals surface area (Å²) >= 11 is 2.03. The smallest absolute Gasteiger partial charge is 0.0133 e. The maximum atomic E-state index is 2.33. The van der Waals surface area contributed by atoms with Gasteiger partial charge in [-0.3, -0.25) is 0 Å². The highest BCUT2D eigenvalue weighted by Gasteiger charge is 2.06. The molecule has 0 heterocycles. The standard InChI is InChI=1S/C14H22S/c1-5-11(3)10-15-14-12(4)8-7-9-13(14)6-2/h7-9,11H,5-6,10H2,1-4H3. The van der Waals surface area contributed by atoms with Gasteiger partial charge in [0.2, 0.25) is 0 Å². The molecule has 0 fully saturated rings. The summed E-state index contributed by atoms with van der Waals surface area (Å²) in [6, 6.07) is 6.64. The minimum atomic E-state index is 0.819. The third-order valence-corrected chi connectivity index (χ3v) is 4.49. The lowest BCUT2D eigenvalue weighted by molar-refractivity contribution is 0.637. The van der Waals surface area contributed by atoms with Crippen molar-refractivity contribution in [2.45, 2.75) is 45.4 Å². The van der Waals surface area contributed by atoms with E-state index in [0.29, 0.717) is 0 Å². The van der Waals surface area contributed by atoms with E-state index in [1.165, 1.54) is 28.2 Å². The normalized spacial score (nSPS) is 12.8. The zero-order valence-electron chi connectivity index (χ0n) is 10.3. The Morgan fingerprint density at radius 2 is 2.00 bits per heavy atom. The fourth-order valence-electron chi connectivity index (χ4n) is 1.54. The third kappa shape index (κ3) is 3.57. The zero-order chi connectivity index (χ0) is 11.3. The fourth-order valence-corrected chi connectivity index (χ4v) is 2.92. The molecule has 15 heavy (non-hydrogen) atoms. The molecule has 1 aromatic carbocycles. The van der Waals surface area contributed by atoms with Crippen LogP contribution in [0.2, 0.25) is 0 Å². The van der Waals surface area contributed by atoms with E-state index in [2.05, 4.69) is 45.9 Å². The number of thioether (sulfide) groups is 1. The van der Waals surface area contributed by atoms with Crippen LogP contribution in [0.1, 0.15) is 38.3 Å². The predicted octanol–water partition coefficient (Wildman–Crippen LogP) is 4.70. The summed E-state index contributed by atoms with van der Waals surface area (Å²) < 4.78 is 0. The molecule has 0 N–H and O–H groups in total. The molecule has 1 aromatic rings. The molecule has 1 heteroatoms. The average Bonchev–Trinajstić information content (AvgIpc) is 2.26. The summed E-state index contributed by atoms with van der Waals surface area (Å²) in [5, 5.41) is 0. The molecule has 0 saturated carbocycles. The first-order chi connectivity index (χ1) is 7.19. The lowest BCUT2D eigenvalue weighted by Gasteiger charge is -2.13. The second-order valence-corrected chi connectivity index (χ2v) is 5.27. The molecular weight excluding hydrogens is 200 g/mol. The first kappa shape index (κ1) is 12.6. The molecule has 1 unspecified atom stereocenters. The van der Waals surface area contributed by atoms with Gasteiger partial charge in [0.15, 0.2) is 0 Å². The molecule has 0 radical (unpaired) electrons. The van der Waals surface area contributed by atoms with Crippen molar-refractivity contribution in [3.8, 4) is 0 Å². The van der Waals surface area contributed by atoms with Gasteiger partial charge in [-0.1, -0.05) is 45.4 Å². The van der Waals surface area contributed by atoms with E-state index in [1.54, 1.807) is 0 Å². The van der Waals surface area contributed by atoms with Gasteiger partial charge in [0, 0.05) is 10.6 Å². The molecular formula is C14H22S. The van der Waals surface area contributed by atoms with Crippen LogP contribution >= 0.6 is 11.8 Å². The van der Waals surface area contributed by atoms with E-state index in [-0.39, 0.29) is 0 Å². The Balaban J connectivity index is 2.74. The molecule has 0 spiro atoms. The predicted molar refractivity (Wildman–Crippen MR) is 70.7 cm³/mol. The van der Waals surface area contributed by atoms with Crippen LogP contribution < -0.4 is 0 Å². The van der Waals surface area contributed by atoms with Crippen LogP contribution in [0.3, 0.4) is 0 Å². The van der Waals surface area contributed by atoms with Crippen molar-refractivity contribution in [2.24, 2.45) is 5.92 Å². The Bertz CT molecular complexity index is 304. The largest absolute Gasteiger partial charge is 0.125 e. The van der Waals surface area contributed by atoms with E-state index >= 15 is 0 Å². The van der Waals surface area contributed by atoms with Gasteiger partial charge in [0.25, 0.3) is 0 Å². The van der Waals surface area contributed by atoms with Crippen molar-refractivity contribution in [3.63, 3.8) is 0 Å². The van der Waals surface area contributed by atoms with Crippen LogP contribution in [-0.4, -0.2) is 5.75 Å². The minimum absolute atomic E-state index is 0.819. The van der Waals surface area contributed by atoms with Crippen molar-refractivity contribution in [1.29, 1.82) is 0 Å². The number of aryl methyl sites for hydroxylation is 2. The molecule has 0 amide bonds. The highest BCUT2D eigenvalue weighted by molar-refractivity contribution is 7.99. The summed E-state index contributed by atoms with van der Waals surface area (Å²) in [6.07, 6.45) is 2.42. The topological polar surface area (TPSA) is 0 Å². The van der Waals surface area contributed by atoms with Gasteiger partial charge in [-0.15, -0.1) is 11.8 Å². The van der Waals surface area contributed by atoms with Crippen LogP contribution in [-0.2, 0) is 6.42 Å². The lowest BCUT2D eigenvalue weighted by Crippen LogP contribution is -1.97. The Morgan fingerprint density at radius 3 is 2.60 bits per heavy atom. The van der Waals surface area contributed by atoms with Gasteiger partial charge in [-0.2, -0.15) is 0 Å². The summed E-state index contributed by atoms with van der Waals surface area (Å²) in [4.78, 5) is 1.51. The Kier molecular flexibility index (Phi) is 5.24. The highest BCUT2D eigenvalue weighted by atomic mass is 32.2. The average molecular weight is 222 g/mol. The van der Waals surface area contributed by atoms with Crippen LogP contribution in [0.15, 0.2) is 23.1 Å². The molecule has 84 valence electrons. The highest BCUT2D eigenvalue weighted by Crippen LogP contribution is 2.29. The lowest BCUT2D eigenvalue weighted by atomic mass is 10.1. The Morgan fingerprint density at radius 1 is 1.27 bits per heavy atom. The van der Waals surface area contributed by atoms with Gasteiger partial charge in [0.1, 0.15) is 0 Å². The van der Waals surface area contributed by atoms with Crippen molar-refractivity contribution < 1.29 is 0 Å². The first-order valence-corrected chi connectivity index (χ1v) is 6.88. The van der Waals surface area contributed by atoms with Crippen molar-refractivity contribution in [2.75, 3.05) is 5.75 Å². The van der Waals surface area contributed by atoms with Gasteiger partial charge < -0.3 is 0 Å². The van der Waals surface area contributed by atoms with Crippen LogP contribution in [0.4, 0.5) is 0 Å². The molecule has 1 rings (SSSR count). The number of hydrogen-bond acceptors (Lipinski definition) is 1. The quantitative estimate of drug-likeness (QED) is 0.651. The van der Waals surface area contributed by atoms with Gasteiger partial charge in [-0.05, 0) is 30.4 Å². The van der Waals surface area contributed by atoms with Crippen LogP contribution in [0.5, 0.6) is 0 Å². The molecule has 0 aliphatic heterocycles. The second kappa shape index (κ2) is 6.22. The fraction of sp³-hybridized carbons (Fsp3) is 0.571. The maximum Gasteiger partial charge on any atom is 0.0133 e. The second-order valence-electron chi connectivity index (χ2n) is 4.24. The summed E-state index contributed by atoms with van der Waals surface area (Å²) in [5.74, 6) is 2.06. The molecule has 0 aromatic heterocycles. The van der Waals surface area contributed by atoms with Crippen LogP contribution in [0.25, 0.3) is 0 Å². The van der Waals surface area contributed by atoms with Crippen molar-refractivity contribution in [1.82, 2.24) is 0 Å². The van der Waals surface area contributed by atoms with Crippen molar-refractivity contribution >= 4 is 11.8 Å². The minimum Gasteiger partial charge on any atom is -0.125 e.